The molecule has 1 fully saturated rings. The standard InChI is InChI=1S/C13H21NO3/c1-3-9-14(4-2)12(15)10-7-5-6-8-11(10)13(16)17/h3,10-11H,1,4-9H2,2H3,(H,16,17)/t10-,11+/m1/s1. The lowest BCUT2D eigenvalue weighted by Crippen LogP contribution is -2.42. The van der Waals surface area contributed by atoms with Crippen molar-refractivity contribution in [3.63, 3.8) is 0 Å². The van der Waals surface area contributed by atoms with Crippen molar-refractivity contribution in [2.45, 2.75) is 32.6 Å². The van der Waals surface area contributed by atoms with Crippen molar-refractivity contribution in [2.24, 2.45) is 11.8 Å². The maximum atomic E-state index is 12.2. The van der Waals surface area contributed by atoms with E-state index in [0.717, 1.165) is 12.8 Å². The highest BCUT2D eigenvalue weighted by Gasteiger charge is 2.37. The molecule has 96 valence electrons. The lowest BCUT2D eigenvalue weighted by molar-refractivity contribution is -0.152. The van der Waals surface area contributed by atoms with Crippen molar-refractivity contribution in [1.82, 2.24) is 4.90 Å². The highest BCUT2D eigenvalue weighted by atomic mass is 16.4. The van der Waals surface area contributed by atoms with Gasteiger partial charge in [0.1, 0.15) is 0 Å². The molecule has 0 aromatic carbocycles. The minimum absolute atomic E-state index is 0.0282. The Morgan fingerprint density at radius 3 is 2.41 bits per heavy atom. The predicted molar refractivity (Wildman–Crippen MR) is 65.5 cm³/mol. The summed E-state index contributed by atoms with van der Waals surface area (Å²) in [5.41, 5.74) is 0. The first-order chi connectivity index (χ1) is 8.11. The Morgan fingerprint density at radius 1 is 1.35 bits per heavy atom. The molecule has 1 amide bonds. The molecule has 0 aromatic rings. The Labute approximate surface area is 102 Å². The van der Waals surface area contributed by atoms with Crippen LogP contribution in [0.5, 0.6) is 0 Å². The average Bonchev–Trinajstić information content (AvgIpc) is 2.35. The number of nitrogens with zero attached hydrogens (tertiary/aromatic N) is 1. The van der Waals surface area contributed by atoms with Gasteiger partial charge in [0.2, 0.25) is 5.91 Å². The van der Waals surface area contributed by atoms with Gasteiger partial charge >= 0.3 is 5.97 Å². The molecule has 0 radical (unpaired) electrons. The molecule has 1 aliphatic carbocycles. The summed E-state index contributed by atoms with van der Waals surface area (Å²) in [7, 11) is 0. The summed E-state index contributed by atoms with van der Waals surface area (Å²) in [6.07, 6.45) is 4.86. The fourth-order valence-electron chi connectivity index (χ4n) is 2.49. The van der Waals surface area contributed by atoms with E-state index in [4.69, 9.17) is 5.11 Å². The van der Waals surface area contributed by atoms with E-state index in [2.05, 4.69) is 6.58 Å². The van der Waals surface area contributed by atoms with Crippen molar-refractivity contribution >= 4 is 11.9 Å². The lowest BCUT2D eigenvalue weighted by Gasteiger charge is -2.31. The number of rotatable bonds is 5. The summed E-state index contributed by atoms with van der Waals surface area (Å²) in [5.74, 6) is -1.71. The molecule has 0 bridgehead atoms. The van der Waals surface area contributed by atoms with E-state index in [1.54, 1.807) is 11.0 Å². The quantitative estimate of drug-likeness (QED) is 0.746. The molecule has 0 aromatic heterocycles. The third-order valence-electron chi connectivity index (χ3n) is 3.44. The topological polar surface area (TPSA) is 57.6 Å². The number of hydrogen-bond acceptors (Lipinski definition) is 2. The second kappa shape index (κ2) is 6.42. The van der Waals surface area contributed by atoms with Crippen LogP contribution in [0.2, 0.25) is 0 Å². The van der Waals surface area contributed by atoms with E-state index in [-0.39, 0.29) is 11.8 Å². The van der Waals surface area contributed by atoms with Gasteiger partial charge in [-0.15, -0.1) is 6.58 Å². The molecule has 17 heavy (non-hydrogen) atoms. The normalized spacial score (nSPS) is 24.1. The summed E-state index contributed by atoms with van der Waals surface area (Å²) in [4.78, 5) is 25.1. The summed E-state index contributed by atoms with van der Waals surface area (Å²) in [6, 6.07) is 0. The van der Waals surface area contributed by atoms with Gasteiger partial charge in [0.05, 0.1) is 11.8 Å². The van der Waals surface area contributed by atoms with Crippen LogP contribution in [0, 0.1) is 11.8 Å². The van der Waals surface area contributed by atoms with Gasteiger partial charge in [-0.25, -0.2) is 0 Å². The number of hydrogen-bond donors (Lipinski definition) is 1. The van der Waals surface area contributed by atoms with Crippen LogP contribution in [0.15, 0.2) is 12.7 Å². The van der Waals surface area contributed by atoms with Crippen LogP contribution < -0.4 is 0 Å². The zero-order chi connectivity index (χ0) is 12.8. The molecule has 1 aliphatic rings. The van der Waals surface area contributed by atoms with Crippen LogP contribution in [0.3, 0.4) is 0 Å². The summed E-state index contributed by atoms with van der Waals surface area (Å²) < 4.78 is 0. The van der Waals surface area contributed by atoms with Gasteiger partial charge in [-0.2, -0.15) is 0 Å². The molecule has 0 saturated heterocycles. The predicted octanol–water partition coefficient (Wildman–Crippen LogP) is 1.91. The third kappa shape index (κ3) is 3.32. The Kier molecular flexibility index (Phi) is 5.19. The van der Waals surface area contributed by atoms with E-state index in [0.29, 0.717) is 25.9 Å². The monoisotopic (exact) mass is 239 g/mol. The van der Waals surface area contributed by atoms with Crippen molar-refractivity contribution in [2.75, 3.05) is 13.1 Å². The van der Waals surface area contributed by atoms with Gasteiger partial charge in [0, 0.05) is 13.1 Å². The first kappa shape index (κ1) is 13.7. The van der Waals surface area contributed by atoms with Crippen LogP contribution in [0.25, 0.3) is 0 Å². The second-order valence-electron chi connectivity index (χ2n) is 4.50. The molecular formula is C13H21NO3. The fourth-order valence-corrected chi connectivity index (χ4v) is 2.49. The molecule has 4 heteroatoms. The lowest BCUT2D eigenvalue weighted by atomic mass is 9.78. The van der Waals surface area contributed by atoms with Crippen molar-refractivity contribution in [1.29, 1.82) is 0 Å². The molecular weight excluding hydrogens is 218 g/mol. The molecule has 0 spiro atoms. The van der Waals surface area contributed by atoms with Gasteiger partial charge < -0.3 is 10.0 Å². The Balaban J connectivity index is 2.76. The molecule has 1 N–H and O–H groups in total. The maximum absolute atomic E-state index is 12.2. The third-order valence-corrected chi connectivity index (χ3v) is 3.44. The molecule has 0 heterocycles. The summed E-state index contributed by atoms with van der Waals surface area (Å²) >= 11 is 0. The highest BCUT2D eigenvalue weighted by Crippen LogP contribution is 2.31. The second-order valence-corrected chi connectivity index (χ2v) is 4.50. The Hall–Kier alpha value is -1.32. The van der Waals surface area contributed by atoms with Crippen LogP contribution in [-0.2, 0) is 9.59 Å². The average molecular weight is 239 g/mol. The number of carbonyl (C=O) groups is 2. The highest BCUT2D eigenvalue weighted by molar-refractivity contribution is 5.85. The maximum Gasteiger partial charge on any atom is 0.307 e. The van der Waals surface area contributed by atoms with Crippen molar-refractivity contribution in [3.05, 3.63) is 12.7 Å². The summed E-state index contributed by atoms with van der Waals surface area (Å²) in [5, 5.41) is 9.15. The zero-order valence-electron chi connectivity index (χ0n) is 10.4. The fraction of sp³-hybridized carbons (Fsp3) is 0.692. The van der Waals surface area contributed by atoms with Crippen LogP contribution in [0.1, 0.15) is 32.6 Å². The molecule has 1 saturated carbocycles. The SMILES string of the molecule is C=CCN(CC)C(=O)[C@@H]1CCCC[C@@H]1C(=O)O. The number of aliphatic carboxylic acids is 1. The smallest absolute Gasteiger partial charge is 0.307 e. The van der Waals surface area contributed by atoms with Crippen molar-refractivity contribution < 1.29 is 14.7 Å². The van der Waals surface area contributed by atoms with E-state index in [1.165, 1.54) is 0 Å². The number of carbonyl (C=O) groups excluding carboxylic acids is 1. The van der Waals surface area contributed by atoms with E-state index < -0.39 is 11.9 Å². The van der Waals surface area contributed by atoms with Crippen molar-refractivity contribution in [3.8, 4) is 0 Å². The molecule has 1 rings (SSSR count). The number of carboxylic acids is 1. The first-order valence-electron chi connectivity index (χ1n) is 6.24. The van der Waals surface area contributed by atoms with Gasteiger partial charge in [-0.3, -0.25) is 9.59 Å². The summed E-state index contributed by atoms with van der Waals surface area (Å²) in [6.45, 7) is 6.63. The van der Waals surface area contributed by atoms with Crippen LogP contribution in [-0.4, -0.2) is 35.0 Å². The first-order valence-corrected chi connectivity index (χ1v) is 6.24. The van der Waals surface area contributed by atoms with Crippen LogP contribution in [0.4, 0.5) is 0 Å². The molecule has 2 atom stereocenters. The Morgan fingerprint density at radius 2 is 1.94 bits per heavy atom. The number of carboxylic acid groups (broad SMARTS) is 1. The molecule has 0 unspecified atom stereocenters. The van der Waals surface area contributed by atoms with E-state index in [9.17, 15) is 9.59 Å². The van der Waals surface area contributed by atoms with Gasteiger partial charge in [-0.05, 0) is 19.8 Å². The number of likely N-dealkylation sites (N-methyl/N-ethyl adjacent to an activating group) is 1. The van der Waals surface area contributed by atoms with Gasteiger partial charge in [-0.1, -0.05) is 18.9 Å². The number of amides is 1. The van der Waals surface area contributed by atoms with Gasteiger partial charge in [0.15, 0.2) is 0 Å². The van der Waals surface area contributed by atoms with E-state index in [1.807, 2.05) is 6.92 Å². The van der Waals surface area contributed by atoms with Gasteiger partial charge in [0.25, 0.3) is 0 Å². The largest absolute Gasteiger partial charge is 0.481 e. The Bertz CT molecular complexity index is 301. The zero-order valence-corrected chi connectivity index (χ0v) is 10.4. The molecule has 4 nitrogen and oxygen atoms in total. The minimum Gasteiger partial charge on any atom is -0.481 e. The molecule has 0 aliphatic heterocycles. The van der Waals surface area contributed by atoms with Crippen LogP contribution >= 0.6 is 0 Å². The minimum atomic E-state index is -0.835. The van der Waals surface area contributed by atoms with E-state index >= 15 is 0 Å².